The molecule has 0 saturated carbocycles. The smallest absolute Gasteiger partial charge is 0.496 e. The Morgan fingerprint density at radius 1 is 1.38 bits per heavy atom. The van der Waals surface area contributed by atoms with Crippen molar-refractivity contribution >= 4 is 0 Å². The molecule has 1 rings (SSSR count). The Bertz CT molecular complexity index is 283. The summed E-state index contributed by atoms with van der Waals surface area (Å²) in [4.78, 5) is 0. The summed E-state index contributed by atoms with van der Waals surface area (Å²) in [7, 11) is 1.34. The van der Waals surface area contributed by atoms with Gasteiger partial charge >= 0.3 is 6.36 Å². The molecule has 0 atom stereocenters. The lowest BCUT2D eigenvalue weighted by molar-refractivity contribution is -0.274. The third-order valence-corrected chi connectivity index (χ3v) is 1.20. The Kier molecular flexibility index (Phi) is 2.65. The SMILES string of the molecule is COc1[c]ccc(OC(F)(F)F)c1. The Morgan fingerprint density at radius 3 is 2.62 bits per heavy atom. The van der Waals surface area contributed by atoms with Crippen molar-refractivity contribution in [2.45, 2.75) is 6.36 Å². The van der Waals surface area contributed by atoms with E-state index in [-0.39, 0.29) is 11.5 Å². The van der Waals surface area contributed by atoms with Crippen LogP contribution >= 0.6 is 0 Å². The number of halogens is 3. The van der Waals surface area contributed by atoms with Gasteiger partial charge in [-0.1, -0.05) is 0 Å². The molecule has 0 aliphatic carbocycles. The van der Waals surface area contributed by atoms with Gasteiger partial charge in [-0.15, -0.1) is 13.2 Å². The summed E-state index contributed by atoms with van der Waals surface area (Å²) in [5.41, 5.74) is 0. The molecule has 1 aromatic rings. The van der Waals surface area contributed by atoms with Crippen LogP contribution < -0.4 is 9.47 Å². The molecule has 0 amide bonds. The first kappa shape index (κ1) is 9.70. The Morgan fingerprint density at radius 2 is 2.08 bits per heavy atom. The highest BCUT2D eigenvalue weighted by Gasteiger charge is 2.31. The van der Waals surface area contributed by atoms with Crippen LogP contribution in [0.25, 0.3) is 0 Å². The van der Waals surface area contributed by atoms with Crippen LogP contribution in [0, 0.1) is 6.07 Å². The summed E-state index contributed by atoms with van der Waals surface area (Å²) in [5.74, 6) is -0.121. The van der Waals surface area contributed by atoms with Gasteiger partial charge in [-0.05, 0) is 12.1 Å². The molecule has 0 aliphatic heterocycles. The van der Waals surface area contributed by atoms with Crippen LogP contribution in [0.1, 0.15) is 0 Å². The largest absolute Gasteiger partial charge is 0.573 e. The summed E-state index contributed by atoms with van der Waals surface area (Å²) in [6.45, 7) is 0. The van der Waals surface area contributed by atoms with Crippen molar-refractivity contribution in [2.75, 3.05) is 7.11 Å². The second-order valence-corrected chi connectivity index (χ2v) is 2.14. The molecule has 0 N–H and O–H groups in total. The van der Waals surface area contributed by atoms with E-state index in [0.29, 0.717) is 0 Å². The zero-order chi connectivity index (χ0) is 9.90. The Hall–Kier alpha value is -1.39. The highest BCUT2D eigenvalue weighted by atomic mass is 19.4. The maximum Gasteiger partial charge on any atom is 0.573 e. The summed E-state index contributed by atoms with van der Waals surface area (Å²) in [5, 5.41) is 0. The van der Waals surface area contributed by atoms with Crippen LogP contribution in [0.4, 0.5) is 13.2 Å². The van der Waals surface area contributed by atoms with Crippen LogP contribution in [0.15, 0.2) is 18.2 Å². The van der Waals surface area contributed by atoms with Gasteiger partial charge in [0.1, 0.15) is 11.5 Å². The molecule has 13 heavy (non-hydrogen) atoms. The van der Waals surface area contributed by atoms with Gasteiger partial charge < -0.3 is 9.47 Å². The van der Waals surface area contributed by atoms with Crippen LogP contribution in [0.3, 0.4) is 0 Å². The van der Waals surface area contributed by atoms with Gasteiger partial charge in [0.15, 0.2) is 0 Å². The predicted octanol–water partition coefficient (Wildman–Crippen LogP) is 2.39. The molecule has 0 aromatic heterocycles. The van der Waals surface area contributed by atoms with Gasteiger partial charge in [0.2, 0.25) is 0 Å². The van der Waals surface area contributed by atoms with E-state index in [2.05, 4.69) is 15.5 Å². The average molecular weight is 191 g/mol. The number of methoxy groups -OCH3 is 1. The molecule has 0 fully saturated rings. The Labute approximate surface area is 72.9 Å². The lowest BCUT2D eigenvalue weighted by Crippen LogP contribution is -2.17. The van der Waals surface area contributed by atoms with Gasteiger partial charge in [0, 0.05) is 12.1 Å². The first-order valence-corrected chi connectivity index (χ1v) is 3.33. The Balaban J connectivity index is 2.78. The molecule has 0 spiro atoms. The van der Waals surface area contributed by atoms with E-state index in [1.807, 2.05) is 0 Å². The number of benzene rings is 1. The summed E-state index contributed by atoms with van der Waals surface area (Å²) in [6.07, 6.45) is -4.67. The fourth-order valence-electron chi connectivity index (χ4n) is 0.740. The molecule has 1 aromatic carbocycles. The van der Waals surface area contributed by atoms with Gasteiger partial charge in [0.05, 0.1) is 7.11 Å². The molecule has 2 nitrogen and oxygen atoms in total. The zero-order valence-electron chi connectivity index (χ0n) is 6.68. The minimum absolute atomic E-state index is 0.196. The van der Waals surface area contributed by atoms with E-state index < -0.39 is 6.36 Å². The molecule has 0 heterocycles. The standard InChI is InChI=1S/C8H6F3O2/c1-12-6-3-2-4-7(5-6)13-8(9,10)11/h2,4-5H,1H3. The van der Waals surface area contributed by atoms with E-state index in [1.54, 1.807) is 0 Å². The molecule has 71 valence electrons. The molecule has 0 aliphatic rings. The molecular weight excluding hydrogens is 185 g/mol. The molecule has 5 heteroatoms. The van der Waals surface area contributed by atoms with E-state index >= 15 is 0 Å². The summed E-state index contributed by atoms with van der Waals surface area (Å²) >= 11 is 0. The summed E-state index contributed by atoms with van der Waals surface area (Å²) < 4.78 is 43.4. The maximum absolute atomic E-state index is 11.7. The summed E-state index contributed by atoms with van der Waals surface area (Å²) in [6, 6.07) is 6.12. The van der Waals surface area contributed by atoms with Gasteiger partial charge in [0.25, 0.3) is 0 Å². The van der Waals surface area contributed by atoms with Crippen molar-refractivity contribution in [1.82, 2.24) is 0 Å². The fraction of sp³-hybridized carbons (Fsp3) is 0.250. The van der Waals surface area contributed by atoms with Crippen molar-refractivity contribution in [3.8, 4) is 11.5 Å². The molecule has 1 radical (unpaired) electrons. The highest BCUT2D eigenvalue weighted by molar-refractivity contribution is 5.31. The van der Waals surface area contributed by atoms with Crippen LogP contribution in [0.2, 0.25) is 0 Å². The van der Waals surface area contributed by atoms with E-state index in [4.69, 9.17) is 0 Å². The monoisotopic (exact) mass is 191 g/mol. The highest BCUT2D eigenvalue weighted by Crippen LogP contribution is 2.25. The second-order valence-electron chi connectivity index (χ2n) is 2.14. The molecule has 0 saturated heterocycles. The average Bonchev–Trinajstić information content (AvgIpc) is 2.01. The number of ether oxygens (including phenoxy) is 2. The molecule has 0 unspecified atom stereocenters. The number of hydrogen-bond acceptors (Lipinski definition) is 2. The lowest BCUT2D eigenvalue weighted by Gasteiger charge is -2.08. The van der Waals surface area contributed by atoms with Gasteiger partial charge in [-0.25, -0.2) is 0 Å². The third-order valence-electron chi connectivity index (χ3n) is 1.20. The lowest BCUT2D eigenvalue weighted by atomic mass is 10.3. The van der Waals surface area contributed by atoms with Crippen molar-refractivity contribution < 1.29 is 22.6 Å². The number of alkyl halides is 3. The topological polar surface area (TPSA) is 18.5 Å². The van der Waals surface area contributed by atoms with Gasteiger partial charge in [-0.3, -0.25) is 0 Å². The van der Waals surface area contributed by atoms with E-state index in [9.17, 15) is 13.2 Å². The van der Waals surface area contributed by atoms with Crippen molar-refractivity contribution in [2.24, 2.45) is 0 Å². The van der Waals surface area contributed by atoms with E-state index in [1.165, 1.54) is 13.2 Å². The van der Waals surface area contributed by atoms with Crippen molar-refractivity contribution in [1.29, 1.82) is 0 Å². The minimum atomic E-state index is -4.67. The van der Waals surface area contributed by atoms with Crippen molar-refractivity contribution in [3.63, 3.8) is 0 Å². The van der Waals surface area contributed by atoms with Crippen LogP contribution in [0.5, 0.6) is 11.5 Å². The first-order chi connectivity index (χ1) is 6.01. The minimum Gasteiger partial charge on any atom is -0.496 e. The number of hydrogen-bond donors (Lipinski definition) is 0. The van der Waals surface area contributed by atoms with E-state index in [0.717, 1.165) is 12.1 Å². The quantitative estimate of drug-likeness (QED) is 0.714. The normalized spacial score (nSPS) is 11.1. The number of rotatable bonds is 2. The fourth-order valence-corrected chi connectivity index (χ4v) is 0.740. The van der Waals surface area contributed by atoms with Crippen LogP contribution in [-0.4, -0.2) is 13.5 Å². The third kappa shape index (κ3) is 3.23. The van der Waals surface area contributed by atoms with Crippen molar-refractivity contribution in [3.05, 3.63) is 24.3 Å². The van der Waals surface area contributed by atoms with Crippen LogP contribution in [-0.2, 0) is 0 Å². The predicted molar refractivity (Wildman–Crippen MR) is 38.5 cm³/mol. The maximum atomic E-state index is 11.7. The molecule has 0 bridgehead atoms. The second kappa shape index (κ2) is 3.55. The molecular formula is C8H6F3O2. The zero-order valence-corrected chi connectivity index (χ0v) is 6.68. The van der Waals surface area contributed by atoms with Gasteiger partial charge in [-0.2, -0.15) is 0 Å². The first-order valence-electron chi connectivity index (χ1n) is 3.33.